The van der Waals surface area contributed by atoms with Crippen LogP contribution in [0.4, 0.5) is 0 Å². The van der Waals surface area contributed by atoms with Gasteiger partial charge in [-0.15, -0.1) is 0 Å². The summed E-state index contributed by atoms with van der Waals surface area (Å²) in [6, 6.07) is 19.1. The van der Waals surface area contributed by atoms with E-state index in [0.717, 1.165) is 16.7 Å². The second-order valence-corrected chi connectivity index (χ2v) is 4.33. The Kier molecular flexibility index (Phi) is 3.93. The van der Waals surface area contributed by atoms with Gasteiger partial charge >= 0.3 is 0 Å². The van der Waals surface area contributed by atoms with Crippen molar-refractivity contribution in [1.29, 1.82) is 10.5 Å². The number of hydrogen-bond donors (Lipinski definition) is 1. The molecule has 0 radical (unpaired) electrons. The lowest BCUT2D eigenvalue weighted by atomic mass is 10.0. The summed E-state index contributed by atoms with van der Waals surface area (Å²) in [6.45, 7) is 0. The van der Waals surface area contributed by atoms with Gasteiger partial charge in [0, 0.05) is 6.42 Å². The molecule has 0 aliphatic rings. The van der Waals surface area contributed by atoms with Crippen molar-refractivity contribution in [3.63, 3.8) is 0 Å². The zero-order valence-electron chi connectivity index (χ0n) is 10.4. The Morgan fingerprint density at radius 1 is 0.895 bits per heavy atom. The largest absolute Gasteiger partial charge is 0.316 e. The molecule has 2 rings (SSSR count). The summed E-state index contributed by atoms with van der Waals surface area (Å²) in [6.07, 6.45) is 0.560. The molecule has 2 N–H and O–H groups in total. The van der Waals surface area contributed by atoms with Crippen LogP contribution in [0.1, 0.15) is 11.1 Å². The van der Waals surface area contributed by atoms with E-state index in [2.05, 4.69) is 6.07 Å². The van der Waals surface area contributed by atoms with Crippen molar-refractivity contribution in [3.05, 3.63) is 59.7 Å². The lowest BCUT2D eigenvalue weighted by Gasteiger charge is -2.05. The third-order valence-electron chi connectivity index (χ3n) is 2.92. The molecule has 0 saturated carbocycles. The molecule has 1 unspecified atom stereocenters. The summed E-state index contributed by atoms with van der Waals surface area (Å²) in [4.78, 5) is 0. The summed E-state index contributed by atoms with van der Waals surface area (Å²) in [5.41, 5.74) is 9.44. The van der Waals surface area contributed by atoms with Crippen LogP contribution in [0.15, 0.2) is 48.5 Å². The van der Waals surface area contributed by atoms with Gasteiger partial charge in [-0.25, -0.2) is 0 Å². The normalized spacial score (nSPS) is 11.3. The zero-order chi connectivity index (χ0) is 13.7. The molecule has 0 bridgehead atoms. The maximum atomic E-state index is 8.75. The first-order valence-electron chi connectivity index (χ1n) is 5.97. The van der Waals surface area contributed by atoms with Crippen LogP contribution in [0.3, 0.4) is 0 Å². The average Bonchev–Trinajstić information content (AvgIpc) is 2.48. The molecule has 3 heteroatoms. The molecule has 0 spiro atoms. The van der Waals surface area contributed by atoms with Crippen LogP contribution < -0.4 is 5.73 Å². The van der Waals surface area contributed by atoms with E-state index < -0.39 is 6.04 Å². The minimum Gasteiger partial charge on any atom is -0.316 e. The lowest BCUT2D eigenvalue weighted by molar-refractivity contribution is 0.823. The lowest BCUT2D eigenvalue weighted by Crippen LogP contribution is -2.19. The van der Waals surface area contributed by atoms with Gasteiger partial charge in [0.05, 0.1) is 23.7 Å². The van der Waals surface area contributed by atoms with Crippen molar-refractivity contribution in [1.82, 2.24) is 0 Å². The quantitative estimate of drug-likeness (QED) is 0.906. The van der Waals surface area contributed by atoms with Gasteiger partial charge in [-0.3, -0.25) is 0 Å². The van der Waals surface area contributed by atoms with Crippen LogP contribution in [-0.2, 0) is 6.42 Å². The topological polar surface area (TPSA) is 73.6 Å². The van der Waals surface area contributed by atoms with Crippen molar-refractivity contribution in [2.75, 3.05) is 0 Å². The third-order valence-corrected chi connectivity index (χ3v) is 2.92. The first kappa shape index (κ1) is 12.8. The Hall–Kier alpha value is -2.62. The van der Waals surface area contributed by atoms with Crippen molar-refractivity contribution >= 4 is 0 Å². The van der Waals surface area contributed by atoms with Crippen LogP contribution in [0.5, 0.6) is 0 Å². The van der Waals surface area contributed by atoms with Gasteiger partial charge in [0.1, 0.15) is 0 Å². The van der Waals surface area contributed by atoms with Gasteiger partial charge < -0.3 is 5.73 Å². The highest BCUT2D eigenvalue weighted by Crippen LogP contribution is 2.20. The van der Waals surface area contributed by atoms with E-state index in [4.69, 9.17) is 16.3 Å². The first-order chi connectivity index (χ1) is 9.22. The van der Waals surface area contributed by atoms with Crippen molar-refractivity contribution in [2.45, 2.75) is 12.5 Å². The molecule has 19 heavy (non-hydrogen) atoms. The fourth-order valence-electron chi connectivity index (χ4n) is 1.87. The van der Waals surface area contributed by atoms with Gasteiger partial charge in [-0.2, -0.15) is 10.5 Å². The molecule has 1 atom stereocenters. The van der Waals surface area contributed by atoms with Crippen LogP contribution in [-0.4, -0.2) is 6.04 Å². The fourth-order valence-corrected chi connectivity index (χ4v) is 1.87. The summed E-state index contributed by atoms with van der Waals surface area (Å²) >= 11 is 0. The molecular weight excluding hydrogens is 234 g/mol. The van der Waals surface area contributed by atoms with Gasteiger partial charge in [0.25, 0.3) is 0 Å². The van der Waals surface area contributed by atoms with Crippen molar-refractivity contribution in [2.24, 2.45) is 5.73 Å². The maximum absolute atomic E-state index is 8.75. The first-order valence-corrected chi connectivity index (χ1v) is 5.97. The Morgan fingerprint density at radius 2 is 1.42 bits per heavy atom. The molecule has 2 aromatic rings. The van der Waals surface area contributed by atoms with E-state index in [1.165, 1.54) is 0 Å². The van der Waals surface area contributed by atoms with Gasteiger partial charge in [0.2, 0.25) is 0 Å². The summed E-state index contributed by atoms with van der Waals surface area (Å²) in [5.74, 6) is 0. The monoisotopic (exact) mass is 247 g/mol. The van der Waals surface area contributed by atoms with Crippen molar-refractivity contribution < 1.29 is 0 Å². The van der Waals surface area contributed by atoms with Gasteiger partial charge in [-0.05, 0) is 28.8 Å². The SMILES string of the molecule is N#Cc1ccc(-c2ccc(CC(N)C#N)cc2)cc1. The molecule has 0 aliphatic heterocycles. The predicted molar refractivity (Wildman–Crippen MR) is 73.9 cm³/mol. The Labute approximate surface area is 112 Å². The van der Waals surface area contributed by atoms with E-state index >= 15 is 0 Å². The molecule has 0 fully saturated rings. The predicted octanol–water partition coefficient (Wildman–Crippen LogP) is 2.62. The minimum absolute atomic E-state index is 0.458. The number of nitrogens with two attached hydrogens (primary N) is 1. The molecule has 0 amide bonds. The Morgan fingerprint density at radius 3 is 1.89 bits per heavy atom. The highest BCUT2D eigenvalue weighted by Gasteiger charge is 2.03. The number of nitriles is 2. The number of rotatable bonds is 3. The molecular formula is C16H13N3. The van der Waals surface area contributed by atoms with E-state index in [0.29, 0.717) is 12.0 Å². The Bertz CT molecular complexity index is 628. The molecule has 2 aromatic carbocycles. The van der Waals surface area contributed by atoms with Crippen molar-refractivity contribution in [3.8, 4) is 23.3 Å². The highest BCUT2D eigenvalue weighted by atomic mass is 14.6. The number of hydrogen-bond acceptors (Lipinski definition) is 3. The highest BCUT2D eigenvalue weighted by molar-refractivity contribution is 5.64. The molecule has 0 saturated heterocycles. The van der Waals surface area contributed by atoms with E-state index in [-0.39, 0.29) is 0 Å². The fraction of sp³-hybridized carbons (Fsp3) is 0.125. The third kappa shape index (κ3) is 3.19. The van der Waals surface area contributed by atoms with E-state index in [1.54, 1.807) is 12.1 Å². The second-order valence-electron chi connectivity index (χ2n) is 4.33. The molecule has 3 nitrogen and oxygen atoms in total. The van der Waals surface area contributed by atoms with Crippen LogP contribution in [0.25, 0.3) is 11.1 Å². The summed E-state index contributed by atoms with van der Waals surface area (Å²) in [5, 5.41) is 17.4. The molecule has 0 aliphatic carbocycles. The van der Waals surface area contributed by atoms with Gasteiger partial charge in [0.15, 0.2) is 0 Å². The molecule has 0 heterocycles. The summed E-state index contributed by atoms with van der Waals surface area (Å²) < 4.78 is 0. The minimum atomic E-state index is -0.458. The van der Waals surface area contributed by atoms with E-state index in [1.807, 2.05) is 42.5 Å². The van der Waals surface area contributed by atoms with E-state index in [9.17, 15) is 0 Å². The van der Waals surface area contributed by atoms with Crippen LogP contribution in [0.2, 0.25) is 0 Å². The summed E-state index contributed by atoms with van der Waals surface area (Å²) in [7, 11) is 0. The smallest absolute Gasteiger partial charge is 0.0991 e. The number of benzene rings is 2. The second kappa shape index (κ2) is 5.82. The standard InChI is InChI=1S/C16H13N3/c17-10-13-3-7-15(8-4-13)14-5-1-12(2-6-14)9-16(19)11-18/h1-8,16H,9,19H2. The van der Waals surface area contributed by atoms with Gasteiger partial charge in [-0.1, -0.05) is 36.4 Å². The molecule has 0 aromatic heterocycles. The Balaban J connectivity index is 2.18. The van der Waals surface area contributed by atoms with Crippen LogP contribution >= 0.6 is 0 Å². The average molecular weight is 247 g/mol. The zero-order valence-corrected chi connectivity index (χ0v) is 10.4. The number of nitrogens with zero attached hydrogens (tertiary/aromatic N) is 2. The maximum Gasteiger partial charge on any atom is 0.0991 e. The molecule has 92 valence electrons. The van der Waals surface area contributed by atoms with Crippen LogP contribution in [0, 0.1) is 22.7 Å².